The molecule has 0 atom stereocenters. The molecule has 0 aliphatic carbocycles. The summed E-state index contributed by atoms with van der Waals surface area (Å²) in [6.07, 6.45) is -3.11. The molecule has 0 N–H and O–H groups in total. The second-order valence-electron chi connectivity index (χ2n) is 3.37. The summed E-state index contributed by atoms with van der Waals surface area (Å²) in [6, 6.07) is 3.65. The van der Waals surface area contributed by atoms with Crippen molar-refractivity contribution in [3.63, 3.8) is 0 Å². The first-order valence-corrected chi connectivity index (χ1v) is 5.49. The molecule has 2 aromatic rings. The molecular weight excluding hydrogens is 315 g/mol. The molecule has 2 rings (SSSR count). The smallest absolute Gasteiger partial charge is 0.417 e. The van der Waals surface area contributed by atoms with Crippen molar-refractivity contribution < 1.29 is 22.4 Å². The average molecular weight is 320 g/mol. The zero-order chi connectivity index (χ0) is 13.3. The molecule has 1 aromatic heterocycles. The van der Waals surface area contributed by atoms with Gasteiger partial charge in [0.2, 0.25) is 6.29 Å². The molecule has 0 bridgehead atoms. The zero-order valence-corrected chi connectivity index (χ0v) is 10.2. The van der Waals surface area contributed by atoms with E-state index in [1.165, 1.54) is 12.1 Å². The molecule has 1 aromatic carbocycles. The maximum Gasteiger partial charge on any atom is 0.417 e. The Bertz CT molecular complexity index is 592. The molecule has 0 aliphatic heterocycles. The predicted molar refractivity (Wildman–Crippen MR) is 60.0 cm³/mol. The Kier molecular flexibility index (Phi) is 3.25. The largest absolute Gasteiger partial charge is 0.434 e. The number of carbonyl (C=O) groups is 1. The summed E-state index contributed by atoms with van der Waals surface area (Å²) >= 11 is 2.98. The highest BCUT2D eigenvalue weighted by Gasteiger charge is 2.34. The normalized spacial score (nSPS) is 11.6. The van der Waals surface area contributed by atoms with Crippen LogP contribution in [0.3, 0.4) is 0 Å². The number of hydrogen-bond acceptors (Lipinski definition) is 3. The van der Waals surface area contributed by atoms with Crippen molar-refractivity contribution in [2.75, 3.05) is 0 Å². The summed E-state index contributed by atoms with van der Waals surface area (Å²) in [6.45, 7) is 0. The maximum absolute atomic E-state index is 12.9. The Balaban J connectivity index is 2.60. The van der Waals surface area contributed by atoms with Crippen molar-refractivity contribution in [2.24, 2.45) is 0 Å². The molecule has 0 aliphatic rings. The van der Waals surface area contributed by atoms with Crippen LogP contribution in [0.5, 0.6) is 0 Å². The predicted octanol–water partition coefficient (Wildman–Crippen LogP) is 3.94. The molecule has 0 fully saturated rings. The van der Waals surface area contributed by atoms with E-state index in [1.807, 2.05) is 0 Å². The van der Waals surface area contributed by atoms with Crippen molar-refractivity contribution in [3.8, 4) is 11.3 Å². The van der Waals surface area contributed by atoms with Crippen LogP contribution in [-0.2, 0) is 6.18 Å². The number of rotatable bonds is 2. The topological polar surface area (TPSA) is 43.1 Å². The Morgan fingerprint density at radius 2 is 2.06 bits per heavy atom. The second kappa shape index (κ2) is 4.56. The SMILES string of the molecule is O=Cc1ncc(-c2ccc(Br)cc2C(F)(F)F)o1. The molecule has 0 saturated carbocycles. The fraction of sp³-hybridized carbons (Fsp3) is 0.0909. The lowest BCUT2D eigenvalue weighted by Gasteiger charge is -2.11. The van der Waals surface area contributed by atoms with Crippen molar-refractivity contribution in [1.82, 2.24) is 4.98 Å². The van der Waals surface area contributed by atoms with Crippen LogP contribution in [0.4, 0.5) is 13.2 Å². The number of hydrogen-bond donors (Lipinski definition) is 0. The number of carbonyl (C=O) groups excluding carboxylic acids is 1. The van der Waals surface area contributed by atoms with Gasteiger partial charge in [0.15, 0.2) is 5.76 Å². The van der Waals surface area contributed by atoms with Crippen molar-refractivity contribution >= 4 is 22.2 Å². The lowest BCUT2D eigenvalue weighted by Crippen LogP contribution is -2.06. The van der Waals surface area contributed by atoms with E-state index in [2.05, 4.69) is 20.9 Å². The van der Waals surface area contributed by atoms with Crippen LogP contribution in [-0.4, -0.2) is 11.3 Å². The number of aldehydes is 1. The molecule has 7 heteroatoms. The number of halogens is 4. The van der Waals surface area contributed by atoms with Gasteiger partial charge in [-0.15, -0.1) is 0 Å². The Hall–Kier alpha value is -1.63. The molecule has 18 heavy (non-hydrogen) atoms. The number of aromatic nitrogens is 1. The summed E-state index contributed by atoms with van der Waals surface area (Å²) in [5.41, 5.74) is -1.02. The van der Waals surface area contributed by atoms with Crippen LogP contribution < -0.4 is 0 Å². The number of alkyl halides is 3. The standard InChI is InChI=1S/C11H5BrF3NO2/c12-6-1-2-7(8(3-6)11(13,14)15)9-4-16-10(5-17)18-9/h1-5H. The summed E-state index contributed by atoms with van der Waals surface area (Å²) in [4.78, 5) is 13.9. The highest BCUT2D eigenvalue weighted by molar-refractivity contribution is 9.10. The van der Waals surface area contributed by atoms with E-state index in [4.69, 9.17) is 4.42 Å². The highest BCUT2D eigenvalue weighted by Crippen LogP contribution is 2.38. The van der Waals surface area contributed by atoms with Gasteiger partial charge in [0.25, 0.3) is 5.89 Å². The molecule has 0 saturated heterocycles. The van der Waals surface area contributed by atoms with Gasteiger partial charge >= 0.3 is 6.18 Å². The molecule has 3 nitrogen and oxygen atoms in total. The minimum Gasteiger partial charge on any atom is -0.434 e. The third kappa shape index (κ3) is 2.45. The Morgan fingerprint density at radius 1 is 1.33 bits per heavy atom. The van der Waals surface area contributed by atoms with Gasteiger partial charge in [0, 0.05) is 10.0 Å². The van der Waals surface area contributed by atoms with E-state index in [1.54, 1.807) is 0 Å². The number of benzene rings is 1. The van der Waals surface area contributed by atoms with Gasteiger partial charge in [-0.05, 0) is 18.2 Å². The first-order valence-electron chi connectivity index (χ1n) is 4.70. The quantitative estimate of drug-likeness (QED) is 0.787. The van der Waals surface area contributed by atoms with Crippen LogP contribution in [0.2, 0.25) is 0 Å². The van der Waals surface area contributed by atoms with Crippen LogP contribution in [0.25, 0.3) is 11.3 Å². The monoisotopic (exact) mass is 319 g/mol. The van der Waals surface area contributed by atoms with Gasteiger partial charge in [0.05, 0.1) is 11.8 Å². The van der Waals surface area contributed by atoms with E-state index in [-0.39, 0.29) is 17.2 Å². The second-order valence-corrected chi connectivity index (χ2v) is 4.28. The van der Waals surface area contributed by atoms with E-state index >= 15 is 0 Å². The van der Waals surface area contributed by atoms with Crippen LogP contribution in [0, 0.1) is 0 Å². The lowest BCUT2D eigenvalue weighted by atomic mass is 10.1. The van der Waals surface area contributed by atoms with E-state index in [9.17, 15) is 18.0 Å². The minimum absolute atomic E-state index is 0.100. The molecule has 0 unspecified atom stereocenters. The minimum atomic E-state index is -4.52. The maximum atomic E-state index is 12.9. The summed E-state index contributed by atoms with van der Waals surface area (Å²) in [7, 11) is 0. The van der Waals surface area contributed by atoms with E-state index < -0.39 is 11.7 Å². The summed E-state index contributed by atoms with van der Waals surface area (Å²) < 4.78 is 43.8. The van der Waals surface area contributed by atoms with E-state index in [0.717, 1.165) is 12.3 Å². The third-order valence-corrected chi connectivity index (χ3v) is 2.67. The fourth-order valence-electron chi connectivity index (χ4n) is 1.43. The zero-order valence-electron chi connectivity index (χ0n) is 8.66. The van der Waals surface area contributed by atoms with Gasteiger partial charge in [-0.25, -0.2) is 4.98 Å². The fourth-order valence-corrected chi connectivity index (χ4v) is 1.79. The highest BCUT2D eigenvalue weighted by atomic mass is 79.9. The summed E-state index contributed by atoms with van der Waals surface area (Å²) in [5, 5.41) is 0. The van der Waals surface area contributed by atoms with Crippen molar-refractivity contribution in [2.45, 2.75) is 6.18 Å². The molecule has 0 spiro atoms. The molecule has 1 heterocycles. The third-order valence-electron chi connectivity index (χ3n) is 2.18. The Morgan fingerprint density at radius 3 is 2.61 bits per heavy atom. The number of oxazole rings is 1. The molecule has 0 radical (unpaired) electrons. The van der Waals surface area contributed by atoms with Crippen molar-refractivity contribution in [3.05, 3.63) is 40.3 Å². The molecular formula is C11H5BrF3NO2. The average Bonchev–Trinajstić information content (AvgIpc) is 2.76. The molecule has 94 valence electrons. The Labute approximate surface area is 108 Å². The first-order chi connectivity index (χ1) is 8.41. The van der Waals surface area contributed by atoms with Gasteiger partial charge in [-0.2, -0.15) is 13.2 Å². The van der Waals surface area contributed by atoms with Crippen LogP contribution in [0.1, 0.15) is 16.2 Å². The molecule has 0 amide bonds. The van der Waals surface area contributed by atoms with Crippen molar-refractivity contribution in [1.29, 1.82) is 0 Å². The van der Waals surface area contributed by atoms with Gasteiger partial charge < -0.3 is 4.42 Å². The van der Waals surface area contributed by atoms with Crippen LogP contribution >= 0.6 is 15.9 Å². The van der Waals surface area contributed by atoms with E-state index in [0.29, 0.717) is 10.8 Å². The number of nitrogens with zero attached hydrogens (tertiary/aromatic N) is 1. The van der Waals surface area contributed by atoms with Gasteiger partial charge in [-0.1, -0.05) is 15.9 Å². The first kappa shape index (κ1) is 12.8. The lowest BCUT2D eigenvalue weighted by molar-refractivity contribution is -0.137. The summed E-state index contributed by atoms with van der Waals surface area (Å²) in [5.74, 6) is -0.363. The van der Waals surface area contributed by atoms with Crippen LogP contribution in [0.15, 0.2) is 33.3 Å². The van der Waals surface area contributed by atoms with Gasteiger partial charge in [0.1, 0.15) is 0 Å². The van der Waals surface area contributed by atoms with Gasteiger partial charge in [-0.3, -0.25) is 4.79 Å².